The molecule has 2 aromatic heterocycles. The molecule has 1 N–H and O–H groups in total. The van der Waals surface area contributed by atoms with Gasteiger partial charge in [0.2, 0.25) is 0 Å². The number of carbonyl (C=O) groups is 1. The van der Waals surface area contributed by atoms with Gasteiger partial charge >= 0.3 is 5.97 Å². The minimum Gasteiger partial charge on any atom is -0.464 e. The smallest absolute Gasteiger partial charge is 0.355 e. The number of para-hydroxylation sites is 1. The van der Waals surface area contributed by atoms with Crippen molar-refractivity contribution in [3.05, 3.63) is 54.4 Å². The number of nitrogens with one attached hydrogen (secondary N) is 1. The first-order chi connectivity index (χ1) is 9.31. The van der Waals surface area contributed by atoms with E-state index in [1.807, 2.05) is 42.5 Å². The highest BCUT2D eigenvalue weighted by Crippen LogP contribution is 2.31. The molecule has 94 valence electrons. The van der Waals surface area contributed by atoms with Crippen molar-refractivity contribution in [2.45, 2.75) is 0 Å². The standard InChI is InChI=1S/C15H12N2O2/c1-19-15(18)14-13(12-8-4-5-9-16-12)10-6-2-3-7-11(10)17-14/h2-9,17H,1H3. The summed E-state index contributed by atoms with van der Waals surface area (Å²) in [6.07, 6.45) is 1.71. The number of nitrogens with zero attached hydrogens (tertiary/aromatic N) is 1. The van der Waals surface area contributed by atoms with Crippen LogP contribution < -0.4 is 0 Å². The van der Waals surface area contributed by atoms with Crippen LogP contribution in [0.5, 0.6) is 0 Å². The Hall–Kier alpha value is -2.62. The second kappa shape index (κ2) is 4.57. The fraction of sp³-hybridized carbons (Fsp3) is 0.0667. The van der Waals surface area contributed by atoms with E-state index in [9.17, 15) is 4.79 Å². The van der Waals surface area contributed by atoms with Gasteiger partial charge in [-0.2, -0.15) is 0 Å². The van der Waals surface area contributed by atoms with Gasteiger partial charge in [-0.05, 0) is 18.2 Å². The molecule has 19 heavy (non-hydrogen) atoms. The molecule has 0 aliphatic rings. The maximum Gasteiger partial charge on any atom is 0.355 e. The highest BCUT2D eigenvalue weighted by molar-refractivity contribution is 6.07. The summed E-state index contributed by atoms with van der Waals surface area (Å²) in [6.45, 7) is 0. The summed E-state index contributed by atoms with van der Waals surface area (Å²) >= 11 is 0. The average Bonchev–Trinajstić information content (AvgIpc) is 2.86. The zero-order valence-corrected chi connectivity index (χ0v) is 10.4. The van der Waals surface area contributed by atoms with Crippen LogP contribution in [0.1, 0.15) is 10.5 Å². The average molecular weight is 252 g/mol. The van der Waals surface area contributed by atoms with Crippen molar-refractivity contribution in [3.63, 3.8) is 0 Å². The molecule has 0 aliphatic heterocycles. The number of hydrogen-bond donors (Lipinski definition) is 1. The van der Waals surface area contributed by atoms with E-state index in [0.717, 1.165) is 22.2 Å². The van der Waals surface area contributed by atoms with Crippen LogP contribution in [0.25, 0.3) is 22.2 Å². The van der Waals surface area contributed by atoms with Crippen LogP contribution in [0.3, 0.4) is 0 Å². The Morgan fingerprint density at radius 2 is 1.95 bits per heavy atom. The van der Waals surface area contributed by atoms with E-state index >= 15 is 0 Å². The number of rotatable bonds is 2. The zero-order chi connectivity index (χ0) is 13.2. The predicted octanol–water partition coefficient (Wildman–Crippen LogP) is 3.02. The van der Waals surface area contributed by atoms with Gasteiger partial charge in [-0.25, -0.2) is 4.79 Å². The molecule has 3 aromatic rings. The molecule has 4 heteroatoms. The molecule has 0 bridgehead atoms. The first-order valence-electron chi connectivity index (χ1n) is 5.91. The molecule has 0 saturated carbocycles. The Balaban J connectivity index is 2.34. The maximum absolute atomic E-state index is 11.9. The number of aromatic nitrogens is 2. The lowest BCUT2D eigenvalue weighted by Gasteiger charge is -2.02. The van der Waals surface area contributed by atoms with Gasteiger partial charge in [-0.1, -0.05) is 24.3 Å². The lowest BCUT2D eigenvalue weighted by Crippen LogP contribution is -2.03. The summed E-state index contributed by atoms with van der Waals surface area (Å²) < 4.78 is 4.83. The number of benzene rings is 1. The maximum atomic E-state index is 11.9. The van der Waals surface area contributed by atoms with Crippen molar-refractivity contribution in [1.29, 1.82) is 0 Å². The molecule has 4 nitrogen and oxygen atoms in total. The van der Waals surface area contributed by atoms with Crippen LogP contribution in [0.15, 0.2) is 48.7 Å². The van der Waals surface area contributed by atoms with Gasteiger partial charge < -0.3 is 9.72 Å². The number of aromatic amines is 1. The van der Waals surface area contributed by atoms with Gasteiger partial charge in [0, 0.05) is 22.7 Å². The van der Waals surface area contributed by atoms with Crippen molar-refractivity contribution in [3.8, 4) is 11.3 Å². The first kappa shape index (κ1) is 11.5. The molecular formula is C15H12N2O2. The van der Waals surface area contributed by atoms with Crippen LogP contribution in [-0.2, 0) is 4.74 Å². The lowest BCUT2D eigenvalue weighted by molar-refractivity contribution is 0.0596. The van der Waals surface area contributed by atoms with Crippen LogP contribution in [0.4, 0.5) is 0 Å². The van der Waals surface area contributed by atoms with Crippen molar-refractivity contribution in [2.75, 3.05) is 7.11 Å². The normalized spacial score (nSPS) is 10.6. The number of esters is 1. The molecule has 0 atom stereocenters. The topological polar surface area (TPSA) is 55.0 Å². The Labute approximate surface area is 110 Å². The minimum absolute atomic E-state index is 0.392. The van der Waals surface area contributed by atoms with E-state index in [4.69, 9.17) is 4.74 Å². The third-order valence-electron chi connectivity index (χ3n) is 3.02. The second-order valence-electron chi connectivity index (χ2n) is 4.13. The van der Waals surface area contributed by atoms with Crippen molar-refractivity contribution < 1.29 is 9.53 Å². The fourth-order valence-electron chi connectivity index (χ4n) is 2.17. The number of pyridine rings is 1. The van der Waals surface area contributed by atoms with Crippen LogP contribution in [0, 0.1) is 0 Å². The van der Waals surface area contributed by atoms with Gasteiger partial charge in [0.25, 0.3) is 0 Å². The molecule has 0 spiro atoms. The third-order valence-corrected chi connectivity index (χ3v) is 3.02. The van der Waals surface area contributed by atoms with E-state index in [-0.39, 0.29) is 0 Å². The van der Waals surface area contributed by atoms with Crippen molar-refractivity contribution in [1.82, 2.24) is 9.97 Å². The summed E-state index contributed by atoms with van der Waals surface area (Å²) in [5.41, 5.74) is 2.86. The molecule has 2 heterocycles. The van der Waals surface area contributed by atoms with E-state index < -0.39 is 5.97 Å². The number of carbonyl (C=O) groups excluding carboxylic acids is 1. The number of fused-ring (bicyclic) bond motifs is 1. The third kappa shape index (κ3) is 1.87. The molecule has 1 aromatic carbocycles. The lowest BCUT2D eigenvalue weighted by atomic mass is 10.1. The Kier molecular flexibility index (Phi) is 2.76. The van der Waals surface area contributed by atoms with Gasteiger partial charge in [-0.15, -0.1) is 0 Å². The monoisotopic (exact) mass is 252 g/mol. The molecule has 0 radical (unpaired) electrons. The van der Waals surface area contributed by atoms with Crippen molar-refractivity contribution in [2.24, 2.45) is 0 Å². The predicted molar refractivity (Wildman–Crippen MR) is 72.9 cm³/mol. The molecular weight excluding hydrogens is 240 g/mol. The van der Waals surface area contributed by atoms with E-state index in [1.165, 1.54) is 7.11 Å². The minimum atomic E-state index is -0.392. The summed E-state index contributed by atoms with van der Waals surface area (Å²) in [5, 5.41) is 0.960. The first-order valence-corrected chi connectivity index (χ1v) is 5.91. The van der Waals surface area contributed by atoms with Crippen LogP contribution >= 0.6 is 0 Å². The van der Waals surface area contributed by atoms with E-state index in [1.54, 1.807) is 6.20 Å². The number of ether oxygens (including phenoxy) is 1. The number of H-pyrrole nitrogens is 1. The fourth-order valence-corrected chi connectivity index (χ4v) is 2.17. The molecule has 0 unspecified atom stereocenters. The molecule has 0 saturated heterocycles. The SMILES string of the molecule is COC(=O)c1[nH]c2ccccc2c1-c1ccccn1. The Morgan fingerprint density at radius 3 is 2.68 bits per heavy atom. The number of methoxy groups -OCH3 is 1. The zero-order valence-electron chi connectivity index (χ0n) is 10.4. The van der Waals surface area contributed by atoms with Crippen molar-refractivity contribution >= 4 is 16.9 Å². The van der Waals surface area contributed by atoms with E-state index in [0.29, 0.717) is 5.69 Å². The molecule has 0 amide bonds. The van der Waals surface area contributed by atoms with Gasteiger partial charge in [0.05, 0.1) is 12.8 Å². The van der Waals surface area contributed by atoms with Crippen LogP contribution in [-0.4, -0.2) is 23.0 Å². The molecule has 0 aliphatic carbocycles. The summed E-state index contributed by atoms with van der Waals surface area (Å²) in [4.78, 5) is 19.3. The van der Waals surface area contributed by atoms with Gasteiger partial charge in [0.15, 0.2) is 0 Å². The van der Waals surface area contributed by atoms with E-state index in [2.05, 4.69) is 9.97 Å². The molecule has 0 fully saturated rings. The highest BCUT2D eigenvalue weighted by atomic mass is 16.5. The Bertz CT molecular complexity index is 732. The quantitative estimate of drug-likeness (QED) is 0.713. The van der Waals surface area contributed by atoms with Crippen LogP contribution in [0.2, 0.25) is 0 Å². The molecule has 3 rings (SSSR count). The largest absolute Gasteiger partial charge is 0.464 e. The second-order valence-corrected chi connectivity index (χ2v) is 4.13. The number of hydrogen-bond acceptors (Lipinski definition) is 3. The van der Waals surface area contributed by atoms with Gasteiger partial charge in [0.1, 0.15) is 5.69 Å². The van der Waals surface area contributed by atoms with Gasteiger partial charge in [-0.3, -0.25) is 4.98 Å². The summed E-state index contributed by atoms with van der Waals surface area (Å²) in [6, 6.07) is 13.4. The highest BCUT2D eigenvalue weighted by Gasteiger charge is 2.19. The summed E-state index contributed by atoms with van der Waals surface area (Å²) in [5.74, 6) is -0.392. The Morgan fingerprint density at radius 1 is 1.16 bits per heavy atom. The summed E-state index contributed by atoms with van der Waals surface area (Å²) in [7, 11) is 1.37.